The third kappa shape index (κ3) is 3.30. The molecule has 0 unspecified atom stereocenters. The van der Waals surface area contributed by atoms with Crippen molar-refractivity contribution >= 4 is 11.7 Å². The molecule has 3 rings (SSSR count). The molecule has 108 valence electrons. The second-order valence-corrected chi connectivity index (χ2v) is 6.15. The Morgan fingerprint density at radius 1 is 1.15 bits per heavy atom. The van der Waals surface area contributed by atoms with Gasteiger partial charge in [0.2, 0.25) is 0 Å². The summed E-state index contributed by atoms with van der Waals surface area (Å²) >= 11 is 0. The molecule has 2 saturated carbocycles. The average molecular weight is 273 g/mol. The van der Waals surface area contributed by atoms with Crippen molar-refractivity contribution in [3.63, 3.8) is 0 Å². The number of urea groups is 1. The number of aromatic nitrogens is 1. The Bertz CT molecular complexity index is 448. The molecule has 1 heterocycles. The highest BCUT2D eigenvalue weighted by Crippen LogP contribution is 2.40. The molecule has 2 N–H and O–H groups in total. The highest BCUT2D eigenvalue weighted by molar-refractivity contribution is 5.89. The van der Waals surface area contributed by atoms with Crippen LogP contribution in [0.3, 0.4) is 0 Å². The molecule has 3 atom stereocenters. The highest BCUT2D eigenvalue weighted by Gasteiger charge is 2.32. The fourth-order valence-electron chi connectivity index (χ4n) is 3.79. The van der Waals surface area contributed by atoms with Crippen LogP contribution in [-0.2, 0) is 0 Å². The fraction of sp³-hybridized carbons (Fsp3) is 0.625. The van der Waals surface area contributed by atoms with Crippen LogP contribution in [0, 0.1) is 11.8 Å². The zero-order chi connectivity index (χ0) is 13.8. The molecule has 0 bridgehead atoms. The molecule has 1 aromatic rings. The van der Waals surface area contributed by atoms with Gasteiger partial charge in [-0.25, -0.2) is 4.79 Å². The molecular formula is C16H23N3O. The number of carbonyl (C=O) groups is 1. The van der Waals surface area contributed by atoms with E-state index in [1.54, 1.807) is 12.4 Å². The number of hydrogen-bond donors (Lipinski definition) is 2. The van der Waals surface area contributed by atoms with E-state index in [0.717, 1.165) is 30.4 Å². The fourth-order valence-corrected chi connectivity index (χ4v) is 3.79. The van der Waals surface area contributed by atoms with Gasteiger partial charge in [-0.3, -0.25) is 4.98 Å². The maximum absolute atomic E-state index is 12.0. The first-order chi connectivity index (χ1) is 9.81. The van der Waals surface area contributed by atoms with Gasteiger partial charge in [0.25, 0.3) is 0 Å². The van der Waals surface area contributed by atoms with E-state index in [2.05, 4.69) is 15.6 Å². The standard InChI is InChI=1S/C16H23N3O/c20-16(19-15-6-3-9-17-11-15)18-14-8-7-12-4-1-2-5-13(12)10-14/h3,6,9,11-14H,1-2,4-5,7-8,10H2,(H2,18,19,20)/t12-,13+,14+/m0/s1. The summed E-state index contributed by atoms with van der Waals surface area (Å²) in [5, 5.41) is 5.97. The van der Waals surface area contributed by atoms with E-state index in [-0.39, 0.29) is 6.03 Å². The molecule has 4 nitrogen and oxygen atoms in total. The summed E-state index contributed by atoms with van der Waals surface area (Å²) in [6.45, 7) is 0. The summed E-state index contributed by atoms with van der Waals surface area (Å²) in [6, 6.07) is 3.91. The van der Waals surface area contributed by atoms with Crippen LogP contribution in [0.25, 0.3) is 0 Å². The maximum Gasteiger partial charge on any atom is 0.319 e. The van der Waals surface area contributed by atoms with E-state index in [9.17, 15) is 4.79 Å². The third-order valence-electron chi connectivity index (χ3n) is 4.79. The Labute approximate surface area is 120 Å². The van der Waals surface area contributed by atoms with Crippen molar-refractivity contribution in [3.8, 4) is 0 Å². The van der Waals surface area contributed by atoms with Crippen molar-refractivity contribution in [1.29, 1.82) is 0 Å². The Hall–Kier alpha value is -1.58. The van der Waals surface area contributed by atoms with Gasteiger partial charge >= 0.3 is 6.03 Å². The van der Waals surface area contributed by atoms with Crippen molar-refractivity contribution in [1.82, 2.24) is 10.3 Å². The molecule has 2 fully saturated rings. The molecule has 20 heavy (non-hydrogen) atoms. The number of hydrogen-bond acceptors (Lipinski definition) is 2. The summed E-state index contributed by atoms with van der Waals surface area (Å²) < 4.78 is 0. The zero-order valence-electron chi connectivity index (χ0n) is 11.8. The number of amides is 2. The maximum atomic E-state index is 12.0. The van der Waals surface area contributed by atoms with Crippen molar-refractivity contribution in [2.75, 3.05) is 5.32 Å². The Balaban J connectivity index is 1.49. The van der Waals surface area contributed by atoms with Crippen molar-refractivity contribution < 1.29 is 4.79 Å². The van der Waals surface area contributed by atoms with Gasteiger partial charge in [-0.15, -0.1) is 0 Å². The molecular weight excluding hydrogens is 250 g/mol. The predicted octanol–water partition coefficient (Wildman–Crippen LogP) is 3.56. The third-order valence-corrected chi connectivity index (χ3v) is 4.79. The van der Waals surface area contributed by atoms with Crippen LogP contribution in [0.5, 0.6) is 0 Å². The van der Waals surface area contributed by atoms with Gasteiger partial charge in [-0.05, 0) is 43.2 Å². The minimum Gasteiger partial charge on any atom is -0.335 e. The molecule has 2 aliphatic carbocycles. The van der Waals surface area contributed by atoms with Gasteiger partial charge in [-0.2, -0.15) is 0 Å². The number of anilines is 1. The molecule has 0 radical (unpaired) electrons. The summed E-state index contributed by atoms with van der Waals surface area (Å²) in [5.41, 5.74) is 0.747. The summed E-state index contributed by atoms with van der Waals surface area (Å²) in [5.74, 6) is 1.75. The topological polar surface area (TPSA) is 54.0 Å². The number of pyridine rings is 1. The van der Waals surface area contributed by atoms with Gasteiger partial charge in [0, 0.05) is 12.2 Å². The van der Waals surface area contributed by atoms with E-state index >= 15 is 0 Å². The number of carbonyl (C=O) groups excluding carboxylic acids is 1. The summed E-state index contributed by atoms with van der Waals surface area (Å²) in [7, 11) is 0. The molecule has 0 spiro atoms. The van der Waals surface area contributed by atoms with Crippen molar-refractivity contribution in [2.45, 2.75) is 51.0 Å². The second-order valence-electron chi connectivity index (χ2n) is 6.15. The first kappa shape index (κ1) is 13.4. The summed E-state index contributed by atoms with van der Waals surface area (Å²) in [6.07, 6.45) is 12.5. The van der Waals surface area contributed by atoms with Crippen LogP contribution in [0.2, 0.25) is 0 Å². The molecule has 2 aliphatic rings. The van der Waals surface area contributed by atoms with Crippen molar-refractivity contribution in [2.24, 2.45) is 11.8 Å². The quantitative estimate of drug-likeness (QED) is 0.865. The average Bonchev–Trinajstić information content (AvgIpc) is 2.48. The number of fused-ring (bicyclic) bond motifs is 1. The highest BCUT2D eigenvalue weighted by atomic mass is 16.2. The first-order valence-electron chi connectivity index (χ1n) is 7.79. The number of nitrogens with zero attached hydrogens (tertiary/aromatic N) is 1. The normalized spacial score (nSPS) is 29.3. The summed E-state index contributed by atoms with van der Waals surface area (Å²) in [4.78, 5) is 16.0. The number of nitrogens with one attached hydrogen (secondary N) is 2. The van der Waals surface area contributed by atoms with Gasteiger partial charge < -0.3 is 10.6 Å². The Morgan fingerprint density at radius 3 is 2.80 bits per heavy atom. The first-order valence-corrected chi connectivity index (χ1v) is 7.79. The number of rotatable bonds is 2. The molecule has 0 aromatic carbocycles. The lowest BCUT2D eigenvalue weighted by Gasteiger charge is -2.39. The van der Waals surface area contributed by atoms with E-state index in [1.807, 2.05) is 12.1 Å². The monoisotopic (exact) mass is 273 g/mol. The van der Waals surface area contributed by atoms with Crippen molar-refractivity contribution in [3.05, 3.63) is 24.5 Å². The molecule has 0 aliphatic heterocycles. The van der Waals surface area contributed by atoms with Gasteiger partial charge in [0.1, 0.15) is 0 Å². The van der Waals surface area contributed by atoms with E-state index in [4.69, 9.17) is 0 Å². The molecule has 2 amide bonds. The lowest BCUT2D eigenvalue weighted by Crippen LogP contribution is -2.43. The lowest BCUT2D eigenvalue weighted by molar-refractivity contribution is 0.146. The van der Waals surface area contributed by atoms with Gasteiger partial charge in [-0.1, -0.05) is 25.7 Å². The van der Waals surface area contributed by atoms with E-state index < -0.39 is 0 Å². The molecule has 0 saturated heterocycles. The Kier molecular flexibility index (Phi) is 4.19. The smallest absolute Gasteiger partial charge is 0.319 e. The lowest BCUT2D eigenvalue weighted by atomic mass is 9.69. The van der Waals surface area contributed by atoms with Crippen LogP contribution in [0.15, 0.2) is 24.5 Å². The minimum absolute atomic E-state index is 0.0998. The van der Waals surface area contributed by atoms with Gasteiger partial charge in [0.15, 0.2) is 0 Å². The SMILES string of the molecule is O=C(Nc1cccnc1)N[C@@H]1CC[C@@H]2CCCC[C@@H]2C1. The minimum atomic E-state index is -0.0998. The van der Waals surface area contributed by atoms with Crippen LogP contribution in [0.4, 0.5) is 10.5 Å². The second kappa shape index (κ2) is 6.25. The largest absolute Gasteiger partial charge is 0.335 e. The predicted molar refractivity (Wildman–Crippen MR) is 79.5 cm³/mol. The van der Waals surface area contributed by atoms with E-state index in [1.165, 1.54) is 32.1 Å². The zero-order valence-corrected chi connectivity index (χ0v) is 11.8. The van der Waals surface area contributed by atoms with Gasteiger partial charge in [0.05, 0.1) is 11.9 Å². The van der Waals surface area contributed by atoms with Crippen LogP contribution in [-0.4, -0.2) is 17.1 Å². The van der Waals surface area contributed by atoms with E-state index in [0.29, 0.717) is 6.04 Å². The van der Waals surface area contributed by atoms with Crippen LogP contribution in [0.1, 0.15) is 44.9 Å². The Morgan fingerprint density at radius 2 is 2.00 bits per heavy atom. The van der Waals surface area contributed by atoms with Crippen LogP contribution >= 0.6 is 0 Å². The van der Waals surface area contributed by atoms with Crippen LogP contribution < -0.4 is 10.6 Å². The molecule has 4 heteroatoms. The molecule has 1 aromatic heterocycles.